The van der Waals surface area contributed by atoms with Crippen molar-refractivity contribution in [2.45, 2.75) is 37.8 Å². The Labute approximate surface area is 96.6 Å². The third-order valence-electron chi connectivity index (χ3n) is 3.02. The van der Waals surface area contributed by atoms with Gasteiger partial charge in [-0.3, -0.25) is 4.79 Å². The van der Waals surface area contributed by atoms with E-state index in [-0.39, 0.29) is 11.9 Å². The van der Waals surface area contributed by atoms with Crippen LogP contribution in [0.1, 0.15) is 26.2 Å². The van der Waals surface area contributed by atoms with Gasteiger partial charge in [-0.1, -0.05) is 0 Å². The van der Waals surface area contributed by atoms with Crippen LogP contribution in [0.3, 0.4) is 0 Å². The molecule has 1 amide bonds. The molecule has 0 spiro atoms. The van der Waals surface area contributed by atoms with Crippen molar-refractivity contribution in [2.24, 2.45) is 0 Å². The number of methoxy groups -OCH3 is 1. The lowest BCUT2D eigenvalue weighted by atomic mass is 9.80. The first-order valence-electron chi connectivity index (χ1n) is 5.80. The topological polar surface area (TPSA) is 70.6 Å². The molecule has 94 valence electrons. The first kappa shape index (κ1) is 13.4. The van der Waals surface area contributed by atoms with Crippen LogP contribution < -0.4 is 10.6 Å². The van der Waals surface area contributed by atoms with Gasteiger partial charge in [-0.05, 0) is 26.2 Å². The van der Waals surface area contributed by atoms with E-state index < -0.39 is 5.60 Å². The molecule has 0 heterocycles. The number of carbonyl (C=O) groups excluding carboxylic acids is 1. The SMILES string of the molecule is COCCNC(=O)C(C)NCC1(O)CCC1. The third kappa shape index (κ3) is 4.08. The molecule has 0 bridgehead atoms. The van der Waals surface area contributed by atoms with E-state index in [2.05, 4.69) is 10.6 Å². The molecule has 0 aromatic carbocycles. The molecule has 1 atom stereocenters. The van der Waals surface area contributed by atoms with Crippen molar-refractivity contribution in [3.8, 4) is 0 Å². The summed E-state index contributed by atoms with van der Waals surface area (Å²) in [6.45, 7) is 3.32. The Morgan fingerprint density at radius 3 is 2.75 bits per heavy atom. The monoisotopic (exact) mass is 230 g/mol. The lowest BCUT2D eigenvalue weighted by molar-refractivity contribution is -0.123. The van der Waals surface area contributed by atoms with Crippen LogP contribution in [-0.4, -0.2) is 49.5 Å². The van der Waals surface area contributed by atoms with E-state index in [1.54, 1.807) is 14.0 Å². The molecule has 5 heteroatoms. The third-order valence-corrected chi connectivity index (χ3v) is 3.02. The second-order valence-corrected chi connectivity index (χ2v) is 4.46. The molecule has 0 aliphatic heterocycles. The minimum absolute atomic E-state index is 0.0556. The number of hydrogen-bond donors (Lipinski definition) is 3. The number of rotatable bonds is 7. The molecule has 1 rings (SSSR count). The van der Waals surface area contributed by atoms with Crippen molar-refractivity contribution >= 4 is 5.91 Å². The maximum atomic E-state index is 11.5. The molecule has 1 unspecified atom stereocenters. The number of aliphatic hydroxyl groups is 1. The Morgan fingerprint density at radius 2 is 2.25 bits per heavy atom. The van der Waals surface area contributed by atoms with E-state index in [1.807, 2.05) is 0 Å². The highest BCUT2D eigenvalue weighted by Crippen LogP contribution is 2.30. The number of amides is 1. The van der Waals surface area contributed by atoms with Crippen LogP contribution in [0.2, 0.25) is 0 Å². The lowest BCUT2D eigenvalue weighted by Gasteiger charge is -2.37. The summed E-state index contributed by atoms with van der Waals surface area (Å²) < 4.78 is 4.84. The van der Waals surface area contributed by atoms with Crippen LogP contribution in [-0.2, 0) is 9.53 Å². The van der Waals surface area contributed by atoms with Gasteiger partial charge in [0.1, 0.15) is 0 Å². The van der Waals surface area contributed by atoms with Crippen molar-refractivity contribution < 1.29 is 14.6 Å². The van der Waals surface area contributed by atoms with Gasteiger partial charge in [0.15, 0.2) is 0 Å². The van der Waals surface area contributed by atoms with Crippen LogP contribution in [0.15, 0.2) is 0 Å². The molecule has 1 aliphatic carbocycles. The minimum Gasteiger partial charge on any atom is -0.389 e. The van der Waals surface area contributed by atoms with E-state index in [0.717, 1.165) is 19.3 Å². The highest BCUT2D eigenvalue weighted by molar-refractivity contribution is 5.81. The molecular formula is C11H22N2O3. The van der Waals surface area contributed by atoms with Gasteiger partial charge in [0.2, 0.25) is 5.91 Å². The van der Waals surface area contributed by atoms with Crippen molar-refractivity contribution in [1.29, 1.82) is 0 Å². The Kier molecular flexibility index (Phi) is 5.18. The van der Waals surface area contributed by atoms with Crippen LogP contribution in [0, 0.1) is 0 Å². The molecule has 0 radical (unpaired) electrons. The molecular weight excluding hydrogens is 208 g/mol. The minimum atomic E-state index is -0.582. The Hall–Kier alpha value is -0.650. The summed E-state index contributed by atoms with van der Waals surface area (Å²) in [4.78, 5) is 11.5. The van der Waals surface area contributed by atoms with E-state index in [4.69, 9.17) is 4.74 Å². The van der Waals surface area contributed by atoms with Gasteiger partial charge < -0.3 is 20.5 Å². The van der Waals surface area contributed by atoms with Gasteiger partial charge in [-0.15, -0.1) is 0 Å². The summed E-state index contributed by atoms with van der Waals surface area (Å²) in [5, 5.41) is 15.6. The molecule has 16 heavy (non-hydrogen) atoms. The zero-order valence-electron chi connectivity index (χ0n) is 10.1. The number of hydrogen-bond acceptors (Lipinski definition) is 4. The molecule has 1 fully saturated rings. The van der Waals surface area contributed by atoms with E-state index in [9.17, 15) is 9.90 Å². The zero-order valence-corrected chi connectivity index (χ0v) is 10.1. The highest BCUT2D eigenvalue weighted by Gasteiger charge is 2.34. The van der Waals surface area contributed by atoms with Crippen LogP contribution >= 0.6 is 0 Å². The van der Waals surface area contributed by atoms with Gasteiger partial charge in [-0.2, -0.15) is 0 Å². The lowest BCUT2D eigenvalue weighted by Crippen LogP contribution is -2.52. The fraction of sp³-hybridized carbons (Fsp3) is 0.909. The standard InChI is InChI=1S/C11H22N2O3/c1-9(10(14)12-6-7-16-2)13-8-11(15)4-3-5-11/h9,13,15H,3-8H2,1-2H3,(H,12,14). The molecule has 0 saturated heterocycles. The van der Waals surface area contributed by atoms with Crippen molar-refractivity contribution in [3.63, 3.8) is 0 Å². The maximum Gasteiger partial charge on any atom is 0.236 e. The van der Waals surface area contributed by atoms with Gasteiger partial charge in [0.25, 0.3) is 0 Å². The zero-order chi connectivity index (χ0) is 12.0. The molecule has 3 N–H and O–H groups in total. The van der Waals surface area contributed by atoms with Crippen molar-refractivity contribution in [1.82, 2.24) is 10.6 Å². The highest BCUT2D eigenvalue weighted by atomic mass is 16.5. The second kappa shape index (κ2) is 6.18. The Morgan fingerprint density at radius 1 is 1.56 bits per heavy atom. The number of carbonyl (C=O) groups is 1. The average Bonchev–Trinajstić information content (AvgIpc) is 2.23. The van der Waals surface area contributed by atoms with Crippen LogP contribution in [0.5, 0.6) is 0 Å². The average molecular weight is 230 g/mol. The first-order chi connectivity index (χ1) is 7.57. The fourth-order valence-corrected chi connectivity index (χ4v) is 1.63. The normalized spacial score (nSPS) is 19.9. The first-order valence-corrected chi connectivity index (χ1v) is 5.80. The maximum absolute atomic E-state index is 11.5. The van der Waals surface area contributed by atoms with Crippen LogP contribution in [0.4, 0.5) is 0 Å². The molecule has 1 aliphatic rings. The van der Waals surface area contributed by atoms with E-state index >= 15 is 0 Å². The fourth-order valence-electron chi connectivity index (χ4n) is 1.63. The smallest absolute Gasteiger partial charge is 0.236 e. The molecule has 0 aromatic rings. The number of nitrogens with one attached hydrogen (secondary N) is 2. The predicted molar refractivity (Wildman–Crippen MR) is 61.2 cm³/mol. The largest absolute Gasteiger partial charge is 0.389 e. The quantitative estimate of drug-likeness (QED) is 0.522. The summed E-state index contributed by atoms with van der Waals surface area (Å²) in [6, 6.07) is -0.276. The summed E-state index contributed by atoms with van der Waals surface area (Å²) in [6.07, 6.45) is 2.74. The van der Waals surface area contributed by atoms with Gasteiger partial charge in [0.05, 0.1) is 18.2 Å². The summed E-state index contributed by atoms with van der Waals surface area (Å²) in [5.41, 5.74) is -0.582. The Bertz CT molecular complexity index is 229. The van der Waals surface area contributed by atoms with Crippen LogP contribution in [0.25, 0.3) is 0 Å². The number of ether oxygens (including phenoxy) is 1. The molecule has 1 saturated carbocycles. The van der Waals surface area contributed by atoms with E-state index in [0.29, 0.717) is 19.7 Å². The van der Waals surface area contributed by atoms with Gasteiger partial charge in [0, 0.05) is 20.2 Å². The second-order valence-electron chi connectivity index (χ2n) is 4.46. The molecule has 5 nitrogen and oxygen atoms in total. The van der Waals surface area contributed by atoms with E-state index in [1.165, 1.54) is 0 Å². The summed E-state index contributed by atoms with van der Waals surface area (Å²) >= 11 is 0. The van der Waals surface area contributed by atoms with Crippen molar-refractivity contribution in [3.05, 3.63) is 0 Å². The van der Waals surface area contributed by atoms with Crippen molar-refractivity contribution in [2.75, 3.05) is 26.8 Å². The van der Waals surface area contributed by atoms with Gasteiger partial charge in [-0.25, -0.2) is 0 Å². The summed E-state index contributed by atoms with van der Waals surface area (Å²) in [5.74, 6) is -0.0556. The predicted octanol–water partition coefficient (Wildman–Crippen LogP) is -0.358. The van der Waals surface area contributed by atoms with Gasteiger partial charge >= 0.3 is 0 Å². The Balaban J connectivity index is 2.13. The molecule has 0 aromatic heterocycles. The summed E-state index contributed by atoms with van der Waals surface area (Å²) in [7, 11) is 1.60.